The van der Waals surface area contributed by atoms with Crippen LogP contribution in [-0.2, 0) is 10.0 Å². The first-order valence-electron chi connectivity index (χ1n) is 5.59. The monoisotopic (exact) mass is 274 g/mol. The SMILES string of the molecule is COc1c(N)cc(S(=O)(=O)NC2CCC2)cc1F. The molecule has 0 amide bonds. The number of rotatable bonds is 4. The molecule has 1 aromatic rings. The molecule has 0 aromatic heterocycles. The lowest BCUT2D eigenvalue weighted by molar-refractivity contribution is 0.382. The molecule has 3 N–H and O–H groups in total. The Morgan fingerprint density at radius 3 is 2.56 bits per heavy atom. The first-order chi connectivity index (χ1) is 8.44. The van der Waals surface area contributed by atoms with Crippen molar-refractivity contribution in [2.45, 2.75) is 30.2 Å². The second-order valence-electron chi connectivity index (χ2n) is 4.28. The molecule has 0 unspecified atom stereocenters. The summed E-state index contributed by atoms with van der Waals surface area (Å²) in [5.41, 5.74) is 5.51. The van der Waals surface area contributed by atoms with E-state index in [1.807, 2.05) is 0 Å². The van der Waals surface area contributed by atoms with Gasteiger partial charge >= 0.3 is 0 Å². The summed E-state index contributed by atoms with van der Waals surface area (Å²) in [6, 6.07) is 2.06. The molecule has 18 heavy (non-hydrogen) atoms. The topological polar surface area (TPSA) is 81.4 Å². The molecule has 7 heteroatoms. The van der Waals surface area contributed by atoms with Crippen LogP contribution >= 0.6 is 0 Å². The summed E-state index contributed by atoms with van der Waals surface area (Å²) >= 11 is 0. The van der Waals surface area contributed by atoms with Gasteiger partial charge in [0.25, 0.3) is 0 Å². The van der Waals surface area contributed by atoms with Crippen molar-refractivity contribution in [2.75, 3.05) is 12.8 Å². The van der Waals surface area contributed by atoms with Crippen LogP contribution in [0, 0.1) is 5.82 Å². The Morgan fingerprint density at radius 2 is 2.11 bits per heavy atom. The molecule has 0 radical (unpaired) electrons. The largest absolute Gasteiger partial charge is 0.492 e. The van der Waals surface area contributed by atoms with E-state index in [1.54, 1.807) is 0 Å². The van der Waals surface area contributed by atoms with Crippen LogP contribution in [-0.4, -0.2) is 21.6 Å². The number of nitrogens with one attached hydrogen (secondary N) is 1. The van der Waals surface area contributed by atoms with Crippen LogP contribution in [0.2, 0.25) is 0 Å². The van der Waals surface area contributed by atoms with Crippen LogP contribution in [0.15, 0.2) is 17.0 Å². The molecule has 0 bridgehead atoms. The van der Waals surface area contributed by atoms with Crippen LogP contribution in [0.1, 0.15) is 19.3 Å². The van der Waals surface area contributed by atoms with Gasteiger partial charge in [-0.25, -0.2) is 17.5 Å². The first-order valence-corrected chi connectivity index (χ1v) is 7.07. The van der Waals surface area contributed by atoms with Crippen molar-refractivity contribution in [1.29, 1.82) is 0 Å². The van der Waals surface area contributed by atoms with Crippen molar-refractivity contribution in [1.82, 2.24) is 4.72 Å². The third kappa shape index (κ3) is 2.41. The number of ether oxygens (including phenoxy) is 1. The predicted molar refractivity (Wildman–Crippen MR) is 65.3 cm³/mol. The van der Waals surface area contributed by atoms with Gasteiger partial charge in [0.05, 0.1) is 17.7 Å². The fourth-order valence-electron chi connectivity index (χ4n) is 1.77. The average Bonchev–Trinajstić information content (AvgIpc) is 2.23. The Labute approximate surface area is 105 Å². The lowest BCUT2D eigenvalue weighted by Gasteiger charge is -2.26. The van der Waals surface area contributed by atoms with Gasteiger partial charge in [0.2, 0.25) is 10.0 Å². The highest BCUT2D eigenvalue weighted by atomic mass is 32.2. The molecule has 5 nitrogen and oxygen atoms in total. The number of hydrogen-bond acceptors (Lipinski definition) is 4. The summed E-state index contributed by atoms with van der Waals surface area (Å²) in [6.45, 7) is 0. The van der Waals surface area contributed by atoms with Crippen molar-refractivity contribution in [3.05, 3.63) is 17.9 Å². The van der Waals surface area contributed by atoms with E-state index in [0.29, 0.717) is 0 Å². The minimum atomic E-state index is -3.72. The lowest BCUT2D eigenvalue weighted by atomic mass is 9.94. The second-order valence-corrected chi connectivity index (χ2v) is 5.99. The van der Waals surface area contributed by atoms with Crippen molar-refractivity contribution in [2.24, 2.45) is 0 Å². The zero-order valence-electron chi connectivity index (χ0n) is 9.94. The fourth-order valence-corrected chi connectivity index (χ4v) is 3.12. The summed E-state index contributed by atoms with van der Waals surface area (Å²) in [5.74, 6) is -0.927. The number of nitrogens with two attached hydrogens (primary N) is 1. The second kappa shape index (κ2) is 4.74. The molecule has 1 aliphatic rings. The molecule has 1 aliphatic carbocycles. The van der Waals surface area contributed by atoms with Crippen LogP contribution in [0.5, 0.6) is 5.75 Å². The molecule has 0 aliphatic heterocycles. The number of halogens is 1. The van der Waals surface area contributed by atoms with Crippen molar-refractivity contribution < 1.29 is 17.5 Å². The number of anilines is 1. The zero-order valence-corrected chi connectivity index (χ0v) is 10.8. The summed E-state index contributed by atoms with van der Waals surface area (Å²) in [4.78, 5) is -0.176. The van der Waals surface area contributed by atoms with E-state index < -0.39 is 15.8 Å². The zero-order chi connectivity index (χ0) is 13.3. The summed E-state index contributed by atoms with van der Waals surface area (Å²) in [5, 5.41) is 0. The minimum Gasteiger partial charge on any atom is -0.492 e. The van der Waals surface area contributed by atoms with Crippen molar-refractivity contribution in [3.63, 3.8) is 0 Å². The molecule has 1 aromatic carbocycles. The fraction of sp³-hybridized carbons (Fsp3) is 0.455. The number of benzene rings is 1. The maximum Gasteiger partial charge on any atom is 0.241 e. The highest BCUT2D eigenvalue weighted by Gasteiger charge is 2.26. The Hall–Kier alpha value is -1.34. The van der Waals surface area contributed by atoms with E-state index in [-0.39, 0.29) is 22.4 Å². The van der Waals surface area contributed by atoms with Gasteiger partial charge in [0, 0.05) is 6.04 Å². The Bertz CT molecular complexity index is 532. The van der Waals surface area contributed by atoms with E-state index in [2.05, 4.69) is 4.72 Å². The number of hydrogen-bond donors (Lipinski definition) is 2. The van der Waals surface area contributed by atoms with Gasteiger partial charge in [-0.2, -0.15) is 0 Å². The smallest absolute Gasteiger partial charge is 0.241 e. The highest BCUT2D eigenvalue weighted by molar-refractivity contribution is 7.89. The Balaban J connectivity index is 2.32. The number of methoxy groups -OCH3 is 1. The van der Waals surface area contributed by atoms with Gasteiger partial charge in [-0.05, 0) is 25.0 Å². The van der Waals surface area contributed by atoms with Gasteiger partial charge < -0.3 is 10.5 Å². The standard InChI is InChI=1S/C11H15FN2O3S/c1-17-11-9(12)5-8(6-10(11)13)18(15,16)14-7-3-2-4-7/h5-7,14H,2-4,13H2,1H3. The van der Waals surface area contributed by atoms with E-state index in [4.69, 9.17) is 10.5 Å². The quantitative estimate of drug-likeness (QED) is 0.810. The van der Waals surface area contributed by atoms with Gasteiger partial charge in [0.1, 0.15) is 0 Å². The molecule has 0 saturated heterocycles. The predicted octanol–water partition coefficient (Wildman–Crippen LogP) is 1.25. The van der Waals surface area contributed by atoms with Crippen LogP contribution < -0.4 is 15.2 Å². The number of sulfonamides is 1. The summed E-state index contributed by atoms with van der Waals surface area (Å²) < 4.78 is 44.8. The molecular formula is C11H15FN2O3S. The third-order valence-corrected chi connectivity index (χ3v) is 4.49. The maximum absolute atomic E-state index is 13.6. The molecule has 0 spiro atoms. The summed E-state index contributed by atoms with van der Waals surface area (Å²) in [7, 11) is -2.44. The normalized spacial score (nSPS) is 16.3. The van der Waals surface area contributed by atoms with Gasteiger partial charge in [-0.1, -0.05) is 6.42 Å². The molecule has 2 rings (SSSR count). The molecule has 0 atom stereocenters. The van der Waals surface area contributed by atoms with Crippen molar-refractivity contribution >= 4 is 15.7 Å². The average molecular weight is 274 g/mol. The van der Waals surface area contributed by atoms with Crippen molar-refractivity contribution in [3.8, 4) is 5.75 Å². The maximum atomic E-state index is 13.6. The third-order valence-electron chi connectivity index (χ3n) is 2.99. The van der Waals surface area contributed by atoms with Gasteiger partial charge in [-0.3, -0.25) is 0 Å². The molecule has 1 fully saturated rings. The molecular weight excluding hydrogens is 259 g/mol. The molecule has 100 valence electrons. The highest BCUT2D eigenvalue weighted by Crippen LogP contribution is 2.29. The van der Waals surface area contributed by atoms with E-state index >= 15 is 0 Å². The molecule has 1 saturated carbocycles. The van der Waals surface area contributed by atoms with E-state index in [1.165, 1.54) is 13.2 Å². The van der Waals surface area contributed by atoms with Crippen LogP contribution in [0.4, 0.5) is 10.1 Å². The summed E-state index contributed by atoms with van der Waals surface area (Å²) in [6.07, 6.45) is 2.63. The van der Waals surface area contributed by atoms with Crippen LogP contribution in [0.3, 0.4) is 0 Å². The first kappa shape index (κ1) is 13.1. The lowest BCUT2D eigenvalue weighted by Crippen LogP contribution is -2.39. The van der Waals surface area contributed by atoms with Gasteiger partial charge in [0.15, 0.2) is 11.6 Å². The Morgan fingerprint density at radius 1 is 1.44 bits per heavy atom. The number of nitrogen functional groups attached to an aromatic ring is 1. The molecule has 0 heterocycles. The van der Waals surface area contributed by atoms with E-state index in [0.717, 1.165) is 25.3 Å². The Kier molecular flexibility index (Phi) is 3.45. The van der Waals surface area contributed by atoms with Gasteiger partial charge in [-0.15, -0.1) is 0 Å². The minimum absolute atomic E-state index is 0.0357. The van der Waals surface area contributed by atoms with E-state index in [9.17, 15) is 12.8 Å². The van der Waals surface area contributed by atoms with Crippen LogP contribution in [0.25, 0.3) is 0 Å².